The van der Waals surface area contributed by atoms with E-state index in [1.807, 2.05) is 4.57 Å². The summed E-state index contributed by atoms with van der Waals surface area (Å²) in [5.41, 5.74) is 1.24. The van der Waals surface area contributed by atoms with Crippen molar-refractivity contribution in [3.63, 3.8) is 0 Å². The summed E-state index contributed by atoms with van der Waals surface area (Å²) in [4.78, 5) is 24.7. The third-order valence-electron chi connectivity index (χ3n) is 4.80. The summed E-state index contributed by atoms with van der Waals surface area (Å²) in [6.07, 6.45) is 2.23. The van der Waals surface area contributed by atoms with Gasteiger partial charge < -0.3 is 24.7 Å². The van der Waals surface area contributed by atoms with Gasteiger partial charge in [0.25, 0.3) is 5.91 Å². The minimum absolute atomic E-state index is 0.156. The lowest BCUT2D eigenvalue weighted by molar-refractivity contribution is -0.113. The number of hydrogen-bond donors (Lipinski definition) is 2. The van der Waals surface area contributed by atoms with Crippen molar-refractivity contribution in [1.82, 2.24) is 20.1 Å². The molecule has 3 aromatic rings. The zero-order valence-corrected chi connectivity index (χ0v) is 19.9. The highest BCUT2D eigenvalue weighted by Gasteiger charge is 2.14. The number of carbonyl (C=O) groups excluding carboxylic acids is 2. The van der Waals surface area contributed by atoms with Crippen molar-refractivity contribution in [2.75, 3.05) is 31.8 Å². The number of ether oxygens (including phenoxy) is 2. The van der Waals surface area contributed by atoms with E-state index in [9.17, 15) is 9.59 Å². The lowest BCUT2D eigenvalue weighted by Gasteiger charge is -2.09. The molecule has 10 heteroatoms. The number of nitrogens with one attached hydrogen (secondary N) is 2. The predicted molar refractivity (Wildman–Crippen MR) is 132 cm³/mol. The first kappa shape index (κ1) is 24.8. The van der Waals surface area contributed by atoms with E-state index in [0.717, 1.165) is 5.75 Å². The van der Waals surface area contributed by atoms with Gasteiger partial charge in [0.15, 0.2) is 5.16 Å². The number of thioether (sulfide) groups is 1. The van der Waals surface area contributed by atoms with Crippen molar-refractivity contribution in [2.24, 2.45) is 0 Å². The van der Waals surface area contributed by atoms with Gasteiger partial charge in [0, 0.05) is 30.8 Å². The molecule has 1 heterocycles. The Bertz CT molecular complexity index is 1110. The first-order valence-corrected chi connectivity index (χ1v) is 11.5. The Balaban J connectivity index is 1.52. The Morgan fingerprint density at radius 1 is 1.03 bits per heavy atom. The molecule has 0 bridgehead atoms. The normalized spacial score (nSPS) is 10.4. The third-order valence-corrected chi connectivity index (χ3v) is 5.76. The molecule has 0 saturated carbocycles. The van der Waals surface area contributed by atoms with Crippen molar-refractivity contribution in [3.8, 4) is 11.5 Å². The van der Waals surface area contributed by atoms with Crippen LogP contribution in [0.15, 0.2) is 66.3 Å². The van der Waals surface area contributed by atoms with Crippen molar-refractivity contribution >= 4 is 29.3 Å². The molecule has 0 aliphatic carbocycles. The highest BCUT2D eigenvalue weighted by Crippen LogP contribution is 2.19. The SMILES string of the molecule is C=CCn1c(CCNC(=O)c2ccc(OC)cc2)nnc1SCC(=O)Nc1ccc(OC)cc1. The van der Waals surface area contributed by atoms with Gasteiger partial charge in [-0.2, -0.15) is 0 Å². The molecular weight excluding hydrogens is 454 g/mol. The van der Waals surface area contributed by atoms with Gasteiger partial charge in [0.1, 0.15) is 17.3 Å². The maximum absolute atomic E-state index is 12.3. The van der Waals surface area contributed by atoms with Gasteiger partial charge in [-0.15, -0.1) is 16.8 Å². The van der Waals surface area contributed by atoms with Crippen molar-refractivity contribution in [2.45, 2.75) is 18.1 Å². The second-order valence-corrected chi connectivity index (χ2v) is 8.04. The lowest BCUT2D eigenvalue weighted by Crippen LogP contribution is -2.26. The summed E-state index contributed by atoms with van der Waals surface area (Å²) in [6.45, 7) is 4.68. The van der Waals surface area contributed by atoms with Gasteiger partial charge >= 0.3 is 0 Å². The Morgan fingerprint density at radius 3 is 2.29 bits per heavy atom. The van der Waals surface area contributed by atoms with Crippen LogP contribution in [0.2, 0.25) is 0 Å². The van der Waals surface area contributed by atoms with Crippen molar-refractivity contribution < 1.29 is 19.1 Å². The number of rotatable bonds is 12. The van der Waals surface area contributed by atoms with Crippen LogP contribution in [0.3, 0.4) is 0 Å². The molecule has 1 aromatic heterocycles. The number of amides is 2. The molecule has 0 saturated heterocycles. The van der Waals surface area contributed by atoms with E-state index in [-0.39, 0.29) is 17.6 Å². The van der Waals surface area contributed by atoms with Crippen LogP contribution in [0.1, 0.15) is 16.2 Å². The van der Waals surface area contributed by atoms with Crippen molar-refractivity contribution in [1.29, 1.82) is 0 Å². The number of carbonyl (C=O) groups is 2. The summed E-state index contributed by atoms with van der Waals surface area (Å²) in [5.74, 6) is 1.96. The first-order chi connectivity index (χ1) is 16.5. The number of allylic oxidation sites excluding steroid dienone is 1. The number of aromatic nitrogens is 3. The van der Waals surface area contributed by atoms with Gasteiger partial charge in [-0.05, 0) is 48.5 Å². The molecule has 0 fully saturated rings. The highest BCUT2D eigenvalue weighted by atomic mass is 32.2. The standard InChI is InChI=1S/C24H27N5O4S/c1-4-15-29-21(13-14-25-23(31)17-5-9-19(32-2)10-6-17)27-28-24(29)34-16-22(30)26-18-7-11-20(33-3)12-8-18/h4-12H,1,13-16H2,2-3H3,(H,25,31)(H,26,30). The van der Waals surface area contributed by atoms with Gasteiger partial charge in [-0.1, -0.05) is 17.8 Å². The van der Waals surface area contributed by atoms with Crippen LogP contribution in [-0.2, 0) is 17.8 Å². The molecule has 34 heavy (non-hydrogen) atoms. The smallest absolute Gasteiger partial charge is 0.251 e. The molecule has 178 valence electrons. The molecule has 0 spiro atoms. The fourth-order valence-electron chi connectivity index (χ4n) is 3.06. The van der Waals surface area contributed by atoms with E-state index < -0.39 is 0 Å². The lowest BCUT2D eigenvalue weighted by atomic mass is 10.2. The van der Waals surface area contributed by atoms with E-state index in [0.29, 0.717) is 47.5 Å². The zero-order chi connectivity index (χ0) is 24.3. The topological polar surface area (TPSA) is 107 Å². The number of hydrogen-bond acceptors (Lipinski definition) is 7. The fraction of sp³-hybridized carbons (Fsp3) is 0.250. The van der Waals surface area contributed by atoms with Crippen LogP contribution >= 0.6 is 11.8 Å². The molecule has 0 aliphatic heterocycles. The molecule has 3 rings (SSSR count). The first-order valence-electron chi connectivity index (χ1n) is 10.6. The molecule has 2 N–H and O–H groups in total. The second-order valence-electron chi connectivity index (χ2n) is 7.10. The molecule has 0 unspecified atom stereocenters. The van der Waals surface area contributed by atoms with E-state index in [4.69, 9.17) is 9.47 Å². The van der Waals surface area contributed by atoms with E-state index in [1.54, 1.807) is 68.8 Å². The maximum Gasteiger partial charge on any atom is 0.251 e. The van der Waals surface area contributed by atoms with Crippen molar-refractivity contribution in [3.05, 3.63) is 72.6 Å². The molecule has 2 amide bonds. The Morgan fingerprint density at radius 2 is 1.68 bits per heavy atom. The number of methoxy groups -OCH3 is 2. The van der Waals surface area contributed by atoms with Crippen LogP contribution in [0.25, 0.3) is 0 Å². The molecular formula is C24H27N5O4S. The van der Waals surface area contributed by atoms with Crippen LogP contribution in [0.5, 0.6) is 11.5 Å². The molecule has 0 radical (unpaired) electrons. The summed E-state index contributed by atoms with van der Waals surface area (Å²) in [6, 6.07) is 14.0. The Labute approximate surface area is 202 Å². The Hall–Kier alpha value is -3.79. The summed E-state index contributed by atoms with van der Waals surface area (Å²) in [5, 5.41) is 14.8. The van der Waals surface area contributed by atoms with E-state index >= 15 is 0 Å². The molecule has 0 aliphatic rings. The van der Waals surface area contributed by atoms with E-state index in [1.165, 1.54) is 11.8 Å². The second kappa shape index (κ2) is 12.4. The van der Waals surface area contributed by atoms with Crippen LogP contribution < -0.4 is 20.1 Å². The molecule has 0 atom stereocenters. The van der Waals surface area contributed by atoms with Gasteiger partial charge in [0.05, 0.1) is 20.0 Å². The summed E-state index contributed by atoms with van der Waals surface area (Å²) < 4.78 is 12.1. The van der Waals surface area contributed by atoms with Crippen LogP contribution in [0.4, 0.5) is 5.69 Å². The maximum atomic E-state index is 12.3. The monoisotopic (exact) mass is 481 g/mol. The number of nitrogens with zero attached hydrogens (tertiary/aromatic N) is 3. The molecule has 2 aromatic carbocycles. The largest absolute Gasteiger partial charge is 0.497 e. The Kier molecular flexibility index (Phi) is 9.10. The zero-order valence-electron chi connectivity index (χ0n) is 19.1. The minimum Gasteiger partial charge on any atom is -0.497 e. The summed E-state index contributed by atoms with van der Waals surface area (Å²) >= 11 is 1.29. The highest BCUT2D eigenvalue weighted by molar-refractivity contribution is 7.99. The minimum atomic E-state index is -0.178. The quantitative estimate of drug-likeness (QED) is 0.302. The van der Waals surface area contributed by atoms with Gasteiger partial charge in [-0.25, -0.2) is 0 Å². The number of benzene rings is 2. The third kappa shape index (κ3) is 6.85. The van der Waals surface area contributed by atoms with Crippen LogP contribution in [-0.4, -0.2) is 53.1 Å². The fourth-order valence-corrected chi connectivity index (χ4v) is 3.82. The average molecular weight is 482 g/mol. The van der Waals surface area contributed by atoms with Gasteiger partial charge in [-0.3, -0.25) is 9.59 Å². The molecule has 9 nitrogen and oxygen atoms in total. The number of anilines is 1. The predicted octanol–water partition coefficient (Wildman–Crippen LogP) is 3.18. The average Bonchev–Trinajstić information content (AvgIpc) is 3.24. The summed E-state index contributed by atoms with van der Waals surface area (Å²) in [7, 11) is 3.17. The van der Waals surface area contributed by atoms with E-state index in [2.05, 4.69) is 27.4 Å². The van der Waals surface area contributed by atoms with Gasteiger partial charge in [0.2, 0.25) is 5.91 Å². The van der Waals surface area contributed by atoms with Crippen LogP contribution in [0, 0.1) is 0 Å².